The monoisotopic (exact) mass is 549 g/mol. The van der Waals surface area contributed by atoms with Crippen molar-refractivity contribution in [1.82, 2.24) is 15.1 Å². The molecule has 0 aromatic heterocycles. The van der Waals surface area contributed by atoms with Gasteiger partial charge in [0.1, 0.15) is 30.3 Å². The molecule has 11 heteroatoms. The molecule has 6 atom stereocenters. The highest BCUT2D eigenvalue weighted by molar-refractivity contribution is 5.93. The molecule has 1 saturated carbocycles. The van der Waals surface area contributed by atoms with Crippen molar-refractivity contribution in [1.29, 1.82) is 0 Å². The van der Waals surface area contributed by atoms with Gasteiger partial charge >= 0.3 is 12.1 Å². The van der Waals surface area contributed by atoms with Crippen LogP contribution in [0, 0.1) is 11.8 Å². The summed E-state index contributed by atoms with van der Waals surface area (Å²) in [7, 11) is 1.39. The Morgan fingerprint density at radius 3 is 2.41 bits per heavy atom. The van der Waals surface area contributed by atoms with E-state index in [9.17, 15) is 28.0 Å². The number of hydrogen-bond acceptors (Lipinski definition) is 6. The lowest BCUT2D eigenvalue weighted by Crippen LogP contribution is -2.58. The maximum absolute atomic E-state index is 14.7. The third kappa shape index (κ3) is 6.17. The average Bonchev–Trinajstić information content (AvgIpc) is 3.16. The van der Waals surface area contributed by atoms with Crippen LogP contribution in [0.1, 0.15) is 58.9 Å². The first kappa shape index (κ1) is 28.8. The minimum absolute atomic E-state index is 0.0281. The number of rotatable bonds is 6. The quantitative estimate of drug-likeness (QED) is 0.545. The molecule has 1 aliphatic carbocycles. The summed E-state index contributed by atoms with van der Waals surface area (Å²) in [6.45, 7) is 6.56. The maximum Gasteiger partial charge on any atom is 0.410 e. The highest BCUT2D eigenvalue weighted by atomic mass is 19.3. The molecule has 214 valence electrons. The molecule has 4 rings (SSSR count). The smallest absolute Gasteiger partial charge is 0.410 e. The summed E-state index contributed by atoms with van der Waals surface area (Å²) < 4.78 is 40.1. The van der Waals surface area contributed by atoms with Crippen molar-refractivity contribution < 1.29 is 37.4 Å². The third-order valence-electron chi connectivity index (χ3n) is 7.89. The second kappa shape index (κ2) is 10.7. The molecule has 0 unspecified atom stereocenters. The topological polar surface area (TPSA) is 105 Å². The second-order valence-corrected chi connectivity index (χ2v) is 11.8. The molecule has 0 radical (unpaired) electrons. The van der Waals surface area contributed by atoms with Gasteiger partial charge in [-0.2, -0.15) is 0 Å². The molecule has 3 fully saturated rings. The molecule has 1 N–H and O–H groups in total. The Balaban J connectivity index is 1.49. The van der Waals surface area contributed by atoms with E-state index in [0.717, 1.165) is 10.5 Å². The Morgan fingerprint density at radius 2 is 1.77 bits per heavy atom. The van der Waals surface area contributed by atoms with E-state index in [1.165, 1.54) is 18.9 Å². The van der Waals surface area contributed by atoms with Crippen molar-refractivity contribution in [2.75, 3.05) is 7.05 Å². The largest absolute Gasteiger partial charge is 0.459 e. The van der Waals surface area contributed by atoms with Gasteiger partial charge in [-0.3, -0.25) is 14.5 Å². The van der Waals surface area contributed by atoms with Gasteiger partial charge in [0.2, 0.25) is 11.8 Å². The standard InChI is InChI=1S/C28H37F2N3O6/c1-16(32(5)26(37)39-27(2,3)4)23(34)31-21-14-20-19(28(20,29)30)13-18-11-12-22(33(18)24(21)35)25(36)38-15-17-9-7-6-8-10-17/h6-10,16,18-22H,11-15H2,1-5H3,(H,31,34)/t16-,18+,19+,20-,21-,22-/m0/s1. The second-order valence-electron chi connectivity index (χ2n) is 11.8. The number of halogens is 2. The van der Waals surface area contributed by atoms with Gasteiger partial charge < -0.3 is 19.7 Å². The molecular weight excluding hydrogens is 512 g/mol. The van der Waals surface area contributed by atoms with Gasteiger partial charge in [-0.15, -0.1) is 0 Å². The molecule has 2 aliphatic heterocycles. The molecule has 0 spiro atoms. The molecule has 1 aromatic carbocycles. The predicted octanol–water partition coefficient (Wildman–Crippen LogP) is 3.50. The SMILES string of the molecule is C[C@@H](C(=O)N[C@H]1C[C@H]2[C@@H](C[C@H]3CC[C@@H](C(=O)OCc4ccccc4)N3C1=O)C2(F)F)N(C)C(=O)OC(C)(C)C. The summed E-state index contributed by atoms with van der Waals surface area (Å²) in [5.41, 5.74) is 0.00601. The Kier molecular flexibility index (Phi) is 7.91. The van der Waals surface area contributed by atoms with Crippen LogP contribution in [0.2, 0.25) is 0 Å². The first-order valence-electron chi connectivity index (χ1n) is 13.4. The summed E-state index contributed by atoms with van der Waals surface area (Å²) in [6, 6.07) is 5.32. The van der Waals surface area contributed by atoms with Crippen LogP contribution in [-0.2, 0) is 30.5 Å². The van der Waals surface area contributed by atoms with Crippen LogP contribution in [-0.4, -0.2) is 76.4 Å². The minimum Gasteiger partial charge on any atom is -0.459 e. The van der Waals surface area contributed by atoms with Crippen LogP contribution in [0.5, 0.6) is 0 Å². The Labute approximate surface area is 227 Å². The normalized spacial score (nSPS) is 28.2. The number of amides is 3. The van der Waals surface area contributed by atoms with Crippen LogP contribution < -0.4 is 5.32 Å². The van der Waals surface area contributed by atoms with Crippen molar-refractivity contribution >= 4 is 23.9 Å². The number of alkyl halides is 2. The van der Waals surface area contributed by atoms with E-state index >= 15 is 0 Å². The summed E-state index contributed by atoms with van der Waals surface area (Å²) in [5.74, 6) is -6.75. The van der Waals surface area contributed by atoms with Gasteiger partial charge in [0.15, 0.2) is 0 Å². The van der Waals surface area contributed by atoms with E-state index in [-0.39, 0.29) is 19.4 Å². The summed E-state index contributed by atoms with van der Waals surface area (Å²) in [6.07, 6.45) is -0.187. The van der Waals surface area contributed by atoms with Crippen molar-refractivity contribution in [3.63, 3.8) is 0 Å². The zero-order chi connectivity index (χ0) is 28.7. The average molecular weight is 550 g/mol. The van der Waals surface area contributed by atoms with E-state index in [0.29, 0.717) is 12.8 Å². The van der Waals surface area contributed by atoms with Crippen LogP contribution in [0.15, 0.2) is 30.3 Å². The van der Waals surface area contributed by atoms with Crippen LogP contribution in [0.3, 0.4) is 0 Å². The third-order valence-corrected chi connectivity index (χ3v) is 7.89. The number of ether oxygens (including phenoxy) is 2. The fourth-order valence-corrected chi connectivity index (χ4v) is 5.52. The molecule has 0 bridgehead atoms. The number of carbonyl (C=O) groups excluding carboxylic acids is 4. The van der Waals surface area contributed by atoms with Crippen molar-refractivity contribution in [3.05, 3.63) is 35.9 Å². The number of likely N-dealkylation sites (N-methyl/N-ethyl adjacent to an activating group) is 1. The van der Waals surface area contributed by atoms with Gasteiger partial charge in [0.05, 0.1) is 0 Å². The zero-order valence-corrected chi connectivity index (χ0v) is 23.0. The number of hydrogen-bond donors (Lipinski definition) is 1. The molecule has 9 nitrogen and oxygen atoms in total. The lowest BCUT2D eigenvalue weighted by molar-refractivity contribution is -0.157. The molecule has 2 saturated heterocycles. The van der Waals surface area contributed by atoms with Gasteiger partial charge in [-0.1, -0.05) is 30.3 Å². The Bertz CT molecular complexity index is 1110. The summed E-state index contributed by atoms with van der Waals surface area (Å²) in [4.78, 5) is 54.8. The number of esters is 1. The van der Waals surface area contributed by atoms with E-state index in [1.54, 1.807) is 20.8 Å². The lowest BCUT2D eigenvalue weighted by Gasteiger charge is -2.35. The fourth-order valence-electron chi connectivity index (χ4n) is 5.52. The number of benzene rings is 1. The number of carbonyl (C=O) groups is 4. The van der Waals surface area contributed by atoms with Gasteiger partial charge in [-0.25, -0.2) is 18.4 Å². The summed E-state index contributed by atoms with van der Waals surface area (Å²) >= 11 is 0. The van der Waals surface area contributed by atoms with E-state index in [2.05, 4.69) is 5.32 Å². The first-order valence-corrected chi connectivity index (χ1v) is 13.4. The molecule has 1 aromatic rings. The zero-order valence-electron chi connectivity index (χ0n) is 23.0. The van der Waals surface area contributed by atoms with E-state index < -0.39 is 71.4 Å². The number of nitrogens with one attached hydrogen (secondary N) is 1. The maximum atomic E-state index is 14.7. The lowest BCUT2D eigenvalue weighted by atomic mass is 9.98. The molecule has 3 aliphatic rings. The Morgan fingerprint density at radius 1 is 1.13 bits per heavy atom. The predicted molar refractivity (Wildman–Crippen MR) is 136 cm³/mol. The number of nitrogens with zero attached hydrogens (tertiary/aromatic N) is 2. The molecular formula is C28H37F2N3O6. The Hall–Kier alpha value is -3.24. The molecule has 39 heavy (non-hydrogen) atoms. The van der Waals surface area contributed by atoms with Gasteiger partial charge in [0.25, 0.3) is 5.92 Å². The van der Waals surface area contributed by atoms with E-state index in [1.807, 2.05) is 30.3 Å². The molecule has 2 heterocycles. The fraction of sp³-hybridized carbons (Fsp3) is 0.643. The van der Waals surface area contributed by atoms with Crippen LogP contribution >= 0.6 is 0 Å². The highest BCUT2D eigenvalue weighted by Crippen LogP contribution is 2.61. The first-order chi connectivity index (χ1) is 18.2. The van der Waals surface area contributed by atoms with Gasteiger partial charge in [0, 0.05) is 24.9 Å². The molecule has 3 amide bonds. The van der Waals surface area contributed by atoms with Crippen LogP contribution in [0.4, 0.5) is 13.6 Å². The van der Waals surface area contributed by atoms with E-state index in [4.69, 9.17) is 9.47 Å². The van der Waals surface area contributed by atoms with Gasteiger partial charge in [-0.05, 0) is 58.9 Å². The minimum atomic E-state index is -2.94. The summed E-state index contributed by atoms with van der Waals surface area (Å²) in [5, 5.41) is 2.59. The van der Waals surface area contributed by atoms with Crippen LogP contribution in [0.25, 0.3) is 0 Å². The van der Waals surface area contributed by atoms with Crippen molar-refractivity contribution in [2.45, 2.75) is 95.7 Å². The highest BCUT2D eigenvalue weighted by Gasteiger charge is 2.70. The van der Waals surface area contributed by atoms with Crippen molar-refractivity contribution in [3.8, 4) is 0 Å². The van der Waals surface area contributed by atoms with Crippen molar-refractivity contribution in [2.24, 2.45) is 11.8 Å². The number of fused-ring (bicyclic) bond motifs is 2.